The number of aromatic nitrogens is 1. The molecule has 0 fully saturated rings. The summed E-state index contributed by atoms with van der Waals surface area (Å²) in [5, 5.41) is 10.3. The Labute approximate surface area is 107 Å². The molecule has 3 nitrogen and oxygen atoms in total. The average molecular weight is 294 g/mol. The summed E-state index contributed by atoms with van der Waals surface area (Å²) in [6.07, 6.45) is 2.63. The third-order valence-corrected chi connectivity index (χ3v) is 3.94. The summed E-state index contributed by atoms with van der Waals surface area (Å²) in [5.74, 6) is -1.07. The summed E-state index contributed by atoms with van der Waals surface area (Å²) in [6.45, 7) is 0. The Bertz CT molecular complexity index is 603. The van der Waals surface area contributed by atoms with Crippen LogP contribution in [0.4, 0.5) is 0 Å². The van der Waals surface area contributed by atoms with Gasteiger partial charge in [0.2, 0.25) is 0 Å². The minimum absolute atomic E-state index is 0.353. The van der Waals surface area contributed by atoms with Gasteiger partial charge in [0, 0.05) is 21.1 Å². The molecule has 0 spiro atoms. The third kappa shape index (κ3) is 1.67. The standard InChI is InChI=1S/C13H12BrNO2/c14-7-4-5-8-11(6-7)15-10-3-1-2-9(12(8)10)13(16)17/h4-6,9,15H,1-3H2,(H,16,17). The van der Waals surface area contributed by atoms with E-state index in [0.717, 1.165) is 45.9 Å². The van der Waals surface area contributed by atoms with Crippen molar-refractivity contribution in [2.24, 2.45) is 0 Å². The molecule has 0 radical (unpaired) electrons. The van der Waals surface area contributed by atoms with Crippen LogP contribution in [0.2, 0.25) is 0 Å². The van der Waals surface area contributed by atoms with Crippen LogP contribution >= 0.6 is 15.9 Å². The molecule has 1 aliphatic rings. The summed E-state index contributed by atoms with van der Waals surface area (Å²) in [6, 6.07) is 5.96. The number of halogens is 1. The van der Waals surface area contributed by atoms with E-state index in [1.165, 1.54) is 0 Å². The highest BCUT2D eigenvalue weighted by Crippen LogP contribution is 2.37. The first-order valence-electron chi connectivity index (χ1n) is 5.69. The first-order valence-corrected chi connectivity index (χ1v) is 6.49. The highest BCUT2D eigenvalue weighted by molar-refractivity contribution is 9.10. The molecular weight excluding hydrogens is 282 g/mol. The van der Waals surface area contributed by atoms with Crippen LogP contribution in [-0.4, -0.2) is 16.1 Å². The second kappa shape index (κ2) is 3.88. The van der Waals surface area contributed by atoms with Gasteiger partial charge in [-0.05, 0) is 37.0 Å². The number of rotatable bonds is 1. The van der Waals surface area contributed by atoms with Crippen LogP contribution in [0.25, 0.3) is 10.9 Å². The molecule has 1 unspecified atom stereocenters. The number of hydrogen-bond acceptors (Lipinski definition) is 1. The molecule has 2 N–H and O–H groups in total. The number of H-pyrrole nitrogens is 1. The molecule has 1 heterocycles. The molecule has 1 atom stereocenters. The zero-order valence-electron chi connectivity index (χ0n) is 9.16. The number of nitrogens with one attached hydrogen (secondary N) is 1. The third-order valence-electron chi connectivity index (χ3n) is 3.45. The first-order chi connectivity index (χ1) is 8.16. The second-order valence-corrected chi connectivity index (χ2v) is 5.41. The molecule has 0 saturated carbocycles. The predicted molar refractivity (Wildman–Crippen MR) is 69.3 cm³/mol. The van der Waals surface area contributed by atoms with Gasteiger partial charge in [-0.25, -0.2) is 0 Å². The fourth-order valence-electron chi connectivity index (χ4n) is 2.72. The zero-order valence-corrected chi connectivity index (χ0v) is 10.8. The van der Waals surface area contributed by atoms with Crippen molar-refractivity contribution >= 4 is 32.8 Å². The minimum atomic E-state index is -0.713. The van der Waals surface area contributed by atoms with Gasteiger partial charge in [-0.1, -0.05) is 22.0 Å². The lowest BCUT2D eigenvalue weighted by molar-refractivity contribution is -0.139. The number of carbonyl (C=O) groups is 1. The topological polar surface area (TPSA) is 53.1 Å². The average Bonchev–Trinajstić information content (AvgIpc) is 2.65. The molecular formula is C13H12BrNO2. The highest BCUT2D eigenvalue weighted by atomic mass is 79.9. The van der Waals surface area contributed by atoms with Crippen LogP contribution in [0.1, 0.15) is 30.0 Å². The highest BCUT2D eigenvalue weighted by Gasteiger charge is 2.29. The maximum Gasteiger partial charge on any atom is 0.311 e. The fraction of sp³-hybridized carbons (Fsp3) is 0.308. The lowest BCUT2D eigenvalue weighted by Gasteiger charge is -2.19. The van der Waals surface area contributed by atoms with Gasteiger partial charge in [-0.2, -0.15) is 0 Å². The minimum Gasteiger partial charge on any atom is -0.481 e. The van der Waals surface area contributed by atoms with E-state index in [0.29, 0.717) is 0 Å². The van der Waals surface area contributed by atoms with Crippen molar-refractivity contribution in [1.82, 2.24) is 4.98 Å². The summed E-state index contributed by atoms with van der Waals surface area (Å²) < 4.78 is 1.01. The Morgan fingerprint density at radius 2 is 2.29 bits per heavy atom. The molecule has 2 aromatic rings. The molecule has 88 valence electrons. The summed E-state index contributed by atoms with van der Waals surface area (Å²) in [4.78, 5) is 14.7. The van der Waals surface area contributed by atoms with Gasteiger partial charge in [-0.15, -0.1) is 0 Å². The molecule has 0 aliphatic heterocycles. The van der Waals surface area contributed by atoms with E-state index in [2.05, 4.69) is 20.9 Å². The van der Waals surface area contributed by atoms with Crippen molar-refractivity contribution in [3.05, 3.63) is 33.9 Å². The van der Waals surface area contributed by atoms with Crippen molar-refractivity contribution in [2.45, 2.75) is 25.2 Å². The Morgan fingerprint density at radius 3 is 3.06 bits per heavy atom. The van der Waals surface area contributed by atoms with Crippen LogP contribution < -0.4 is 0 Å². The molecule has 4 heteroatoms. The Morgan fingerprint density at radius 1 is 1.47 bits per heavy atom. The predicted octanol–water partition coefficient (Wildman–Crippen LogP) is 3.43. The molecule has 0 amide bonds. The van der Waals surface area contributed by atoms with Crippen LogP contribution in [0.15, 0.2) is 22.7 Å². The summed E-state index contributed by atoms with van der Waals surface area (Å²) in [7, 11) is 0. The zero-order chi connectivity index (χ0) is 12.0. The number of aryl methyl sites for hydroxylation is 1. The first kappa shape index (κ1) is 10.8. The molecule has 0 saturated heterocycles. The van der Waals surface area contributed by atoms with Gasteiger partial charge >= 0.3 is 5.97 Å². The number of carboxylic acid groups (broad SMARTS) is 1. The van der Waals surface area contributed by atoms with Gasteiger partial charge in [0.05, 0.1) is 5.92 Å². The lowest BCUT2D eigenvalue weighted by Crippen LogP contribution is -2.17. The fourth-order valence-corrected chi connectivity index (χ4v) is 3.08. The largest absolute Gasteiger partial charge is 0.481 e. The second-order valence-electron chi connectivity index (χ2n) is 4.49. The molecule has 1 aromatic carbocycles. The van der Waals surface area contributed by atoms with E-state index in [-0.39, 0.29) is 5.92 Å². The lowest BCUT2D eigenvalue weighted by atomic mass is 9.85. The van der Waals surface area contributed by atoms with Crippen LogP contribution in [0.5, 0.6) is 0 Å². The number of aromatic amines is 1. The maximum atomic E-state index is 11.3. The number of aliphatic carboxylic acids is 1. The number of fused-ring (bicyclic) bond motifs is 3. The van der Waals surface area contributed by atoms with Crippen molar-refractivity contribution < 1.29 is 9.90 Å². The van der Waals surface area contributed by atoms with E-state index in [9.17, 15) is 9.90 Å². The molecule has 1 aliphatic carbocycles. The summed E-state index contributed by atoms with van der Waals surface area (Å²) >= 11 is 3.43. The summed E-state index contributed by atoms with van der Waals surface area (Å²) in [5.41, 5.74) is 3.11. The smallest absolute Gasteiger partial charge is 0.311 e. The SMILES string of the molecule is O=C(O)C1CCCc2[nH]c3cc(Br)ccc3c21. The van der Waals surface area contributed by atoms with Gasteiger partial charge < -0.3 is 10.1 Å². The molecule has 1 aromatic heterocycles. The number of benzene rings is 1. The molecule has 3 rings (SSSR count). The van der Waals surface area contributed by atoms with E-state index < -0.39 is 5.97 Å². The van der Waals surface area contributed by atoms with Crippen molar-refractivity contribution in [2.75, 3.05) is 0 Å². The van der Waals surface area contributed by atoms with Gasteiger partial charge in [-0.3, -0.25) is 4.79 Å². The Hall–Kier alpha value is -1.29. The van der Waals surface area contributed by atoms with Crippen LogP contribution in [-0.2, 0) is 11.2 Å². The van der Waals surface area contributed by atoms with E-state index in [1.807, 2.05) is 18.2 Å². The van der Waals surface area contributed by atoms with Gasteiger partial charge in [0.25, 0.3) is 0 Å². The van der Waals surface area contributed by atoms with Crippen molar-refractivity contribution in [3.8, 4) is 0 Å². The van der Waals surface area contributed by atoms with Crippen molar-refractivity contribution in [3.63, 3.8) is 0 Å². The Kier molecular flexibility index (Phi) is 2.47. The number of carboxylic acids is 1. The van der Waals surface area contributed by atoms with Crippen molar-refractivity contribution in [1.29, 1.82) is 0 Å². The maximum absolute atomic E-state index is 11.3. The quantitative estimate of drug-likeness (QED) is 0.846. The monoisotopic (exact) mass is 293 g/mol. The van der Waals surface area contributed by atoms with Crippen LogP contribution in [0.3, 0.4) is 0 Å². The van der Waals surface area contributed by atoms with Gasteiger partial charge in [0.15, 0.2) is 0 Å². The van der Waals surface area contributed by atoms with E-state index in [4.69, 9.17) is 0 Å². The molecule has 17 heavy (non-hydrogen) atoms. The number of hydrogen-bond donors (Lipinski definition) is 2. The van der Waals surface area contributed by atoms with Crippen LogP contribution in [0, 0.1) is 0 Å². The Balaban J connectivity index is 2.27. The van der Waals surface area contributed by atoms with E-state index >= 15 is 0 Å². The normalized spacial score (nSPS) is 19.2. The van der Waals surface area contributed by atoms with Gasteiger partial charge in [0.1, 0.15) is 0 Å². The van der Waals surface area contributed by atoms with E-state index in [1.54, 1.807) is 0 Å². The molecule has 0 bridgehead atoms.